The molecular weight excluding hydrogens is 304 g/mol. The molecule has 24 heavy (non-hydrogen) atoms. The van der Waals surface area contributed by atoms with Gasteiger partial charge in [-0.25, -0.2) is 4.79 Å². The van der Waals surface area contributed by atoms with Crippen molar-refractivity contribution in [1.82, 2.24) is 20.5 Å². The third-order valence-corrected chi connectivity index (χ3v) is 4.29. The molecule has 3 rings (SSSR count). The van der Waals surface area contributed by atoms with Gasteiger partial charge in [-0.05, 0) is 30.9 Å². The van der Waals surface area contributed by atoms with E-state index in [0.29, 0.717) is 13.1 Å². The zero-order valence-electron chi connectivity index (χ0n) is 14.2. The Hall–Kier alpha value is -2.05. The minimum Gasteiger partial charge on any atom is -0.375 e. The van der Waals surface area contributed by atoms with Gasteiger partial charge in [0.25, 0.3) is 0 Å². The molecule has 0 aliphatic carbocycles. The van der Waals surface area contributed by atoms with Gasteiger partial charge in [-0.2, -0.15) is 0 Å². The van der Waals surface area contributed by atoms with Crippen molar-refractivity contribution in [3.8, 4) is 0 Å². The van der Waals surface area contributed by atoms with Crippen LogP contribution in [0.4, 0.5) is 4.79 Å². The Balaban J connectivity index is 1.47. The van der Waals surface area contributed by atoms with Crippen LogP contribution in [-0.2, 0) is 11.3 Å². The summed E-state index contributed by atoms with van der Waals surface area (Å²) < 4.78 is 5.82. The number of benzene rings is 1. The Morgan fingerprint density at radius 2 is 2.25 bits per heavy atom. The smallest absolute Gasteiger partial charge is 0.314 e. The first kappa shape index (κ1) is 16.8. The lowest BCUT2D eigenvalue weighted by atomic mass is 10.2. The van der Waals surface area contributed by atoms with Crippen LogP contribution in [0.15, 0.2) is 30.3 Å². The highest BCUT2D eigenvalue weighted by Gasteiger charge is 2.20. The quantitative estimate of drug-likeness (QED) is 0.759. The van der Waals surface area contributed by atoms with E-state index in [1.807, 2.05) is 6.92 Å². The van der Waals surface area contributed by atoms with Crippen molar-refractivity contribution in [2.75, 3.05) is 32.8 Å². The van der Waals surface area contributed by atoms with Crippen LogP contribution in [0.25, 0.3) is 10.9 Å². The number of nitrogens with zero attached hydrogens (tertiary/aromatic N) is 1. The molecule has 1 fully saturated rings. The zero-order chi connectivity index (χ0) is 16.8. The summed E-state index contributed by atoms with van der Waals surface area (Å²) in [7, 11) is 0. The van der Waals surface area contributed by atoms with Crippen LogP contribution >= 0.6 is 0 Å². The van der Waals surface area contributed by atoms with Crippen molar-refractivity contribution < 1.29 is 9.53 Å². The number of ether oxygens (including phenoxy) is 1. The predicted octanol–water partition coefficient (Wildman–Crippen LogP) is 2.08. The molecule has 1 saturated heterocycles. The molecule has 2 heterocycles. The molecule has 1 aromatic carbocycles. The van der Waals surface area contributed by atoms with Crippen LogP contribution in [-0.4, -0.2) is 54.8 Å². The van der Waals surface area contributed by atoms with Crippen LogP contribution in [0.5, 0.6) is 0 Å². The van der Waals surface area contributed by atoms with E-state index in [9.17, 15) is 4.79 Å². The molecule has 2 aromatic rings. The van der Waals surface area contributed by atoms with Crippen molar-refractivity contribution in [2.45, 2.75) is 26.0 Å². The van der Waals surface area contributed by atoms with E-state index in [2.05, 4.69) is 50.8 Å². The lowest BCUT2D eigenvalue weighted by Gasteiger charge is -2.32. The van der Waals surface area contributed by atoms with Crippen molar-refractivity contribution in [2.24, 2.45) is 0 Å². The molecule has 1 aromatic heterocycles. The van der Waals surface area contributed by atoms with Gasteiger partial charge in [0.05, 0.1) is 12.7 Å². The number of hydrogen-bond acceptors (Lipinski definition) is 3. The van der Waals surface area contributed by atoms with Gasteiger partial charge in [0.15, 0.2) is 0 Å². The number of urea groups is 1. The first-order valence-corrected chi connectivity index (χ1v) is 8.67. The number of hydrogen-bond donors (Lipinski definition) is 3. The Morgan fingerprint density at radius 3 is 3.08 bits per heavy atom. The number of nitrogens with one attached hydrogen (secondary N) is 3. The summed E-state index contributed by atoms with van der Waals surface area (Å²) in [6.07, 6.45) is 1.01. The Labute approximate surface area is 142 Å². The fraction of sp³-hybridized carbons (Fsp3) is 0.500. The average molecular weight is 330 g/mol. The highest BCUT2D eigenvalue weighted by molar-refractivity contribution is 5.80. The van der Waals surface area contributed by atoms with E-state index >= 15 is 0 Å². The molecule has 0 bridgehead atoms. The Morgan fingerprint density at radius 1 is 1.38 bits per heavy atom. The lowest BCUT2D eigenvalue weighted by molar-refractivity contribution is -0.0343. The average Bonchev–Trinajstić information content (AvgIpc) is 2.97. The van der Waals surface area contributed by atoms with Crippen LogP contribution in [0.1, 0.15) is 19.0 Å². The Kier molecular flexibility index (Phi) is 5.72. The van der Waals surface area contributed by atoms with Crippen LogP contribution < -0.4 is 10.6 Å². The van der Waals surface area contributed by atoms with Gasteiger partial charge in [-0.15, -0.1) is 0 Å². The number of aromatic amines is 1. The number of para-hydroxylation sites is 1. The van der Waals surface area contributed by atoms with E-state index in [1.165, 1.54) is 16.6 Å². The van der Waals surface area contributed by atoms with Crippen molar-refractivity contribution >= 4 is 16.9 Å². The van der Waals surface area contributed by atoms with Crippen molar-refractivity contribution in [1.29, 1.82) is 0 Å². The molecule has 1 atom stereocenters. The van der Waals surface area contributed by atoms with Gasteiger partial charge >= 0.3 is 6.03 Å². The van der Waals surface area contributed by atoms with E-state index in [0.717, 1.165) is 32.7 Å². The van der Waals surface area contributed by atoms with E-state index in [1.54, 1.807) is 0 Å². The third-order valence-electron chi connectivity index (χ3n) is 4.29. The summed E-state index contributed by atoms with van der Waals surface area (Å²) in [5, 5.41) is 6.84. The lowest BCUT2D eigenvalue weighted by Crippen LogP contribution is -2.44. The highest BCUT2D eigenvalue weighted by Crippen LogP contribution is 2.17. The van der Waals surface area contributed by atoms with Gasteiger partial charge in [0, 0.05) is 43.9 Å². The number of H-pyrrole nitrogens is 1. The van der Waals surface area contributed by atoms with Gasteiger partial charge in [0.1, 0.15) is 0 Å². The molecule has 0 spiro atoms. The van der Waals surface area contributed by atoms with E-state index in [4.69, 9.17) is 4.74 Å². The minimum absolute atomic E-state index is 0.108. The summed E-state index contributed by atoms with van der Waals surface area (Å²) in [4.78, 5) is 17.3. The molecule has 0 unspecified atom stereocenters. The van der Waals surface area contributed by atoms with Crippen molar-refractivity contribution in [3.63, 3.8) is 0 Å². The van der Waals surface area contributed by atoms with Crippen LogP contribution in [0.2, 0.25) is 0 Å². The number of carbonyl (C=O) groups excluding carboxylic acids is 1. The van der Waals surface area contributed by atoms with Gasteiger partial charge in [-0.3, -0.25) is 4.90 Å². The highest BCUT2D eigenvalue weighted by atomic mass is 16.5. The molecule has 1 aliphatic heterocycles. The second-order valence-electron chi connectivity index (χ2n) is 6.18. The first-order chi connectivity index (χ1) is 11.7. The minimum atomic E-state index is -0.108. The molecule has 3 N–H and O–H groups in total. The maximum absolute atomic E-state index is 11.4. The molecule has 6 nitrogen and oxygen atoms in total. The normalized spacial score (nSPS) is 18.6. The maximum atomic E-state index is 11.4. The summed E-state index contributed by atoms with van der Waals surface area (Å²) in [5.41, 5.74) is 2.42. The standard InChI is InChI=1S/C18H26N4O2/c1-2-19-18(23)20-8-7-16-13-22(9-10-24-16)12-15-11-14-5-3-4-6-17(14)21-15/h3-6,11,16,21H,2,7-10,12-13H2,1H3,(H2,19,20,23)/t16-/m1/s1. The van der Waals surface area contributed by atoms with E-state index in [-0.39, 0.29) is 12.1 Å². The monoisotopic (exact) mass is 330 g/mol. The summed E-state index contributed by atoms with van der Waals surface area (Å²) in [5.74, 6) is 0. The van der Waals surface area contributed by atoms with Gasteiger partial charge in [0.2, 0.25) is 0 Å². The molecule has 0 radical (unpaired) electrons. The van der Waals surface area contributed by atoms with Crippen LogP contribution in [0.3, 0.4) is 0 Å². The second-order valence-corrected chi connectivity index (χ2v) is 6.18. The molecule has 0 saturated carbocycles. The number of rotatable bonds is 6. The number of morpholine rings is 1. The molecular formula is C18H26N4O2. The Bertz CT molecular complexity index is 637. The summed E-state index contributed by atoms with van der Waals surface area (Å²) in [6, 6.07) is 10.5. The largest absolute Gasteiger partial charge is 0.375 e. The SMILES string of the molecule is CCNC(=O)NCC[C@@H]1CN(Cc2cc3ccccc3[nH]2)CCO1. The summed E-state index contributed by atoms with van der Waals surface area (Å²) in [6.45, 7) is 6.67. The molecule has 1 aliphatic rings. The second kappa shape index (κ2) is 8.17. The third kappa shape index (κ3) is 4.49. The number of aromatic nitrogens is 1. The van der Waals surface area contributed by atoms with Gasteiger partial charge < -0.3 is 20.4 Å². The van der Waals surface area contributed by atoms with Crippen LogP contribution in [0, 0.1) is 0 Å². The molecule has 2 amide bonds. The maximum Gasteiger partial charge on any atom is 0.314 e. The first-order valence-electron chi connectivity index (χ1n) is 8.67. The predicted molar refractivity (Wildman–Crippen MR) is 95.0 cm³/mol. The molecule has 130 valence electrons. The fourth-order valence-electron chi connectivity index (χ4n) is 3.13. The zero-order valence-corrected chi connectivity index (χ0v) is 14.2. The van der Waals surface area contributed by atoms with Gasteiger partial charge in [-0.1, -0.05) is 18.2 Å². The fourth-order valence-corrected chi connectivity index (χ4v) is 3.13. The van der Waals surface area contributed by atoms with Crippen molar-refractivity contribution in [3.05, 3.63) is 36.0 Å². The number of fused-ring (bicyclic) bond motifs is 1. The molecule has 6 heteroatoms. The number of carbonyl (C=O) groups is 1. The van der Waals surface area contributed by atoms with E-state index < -0.39 is 0 Å². The topological polar surface area (TPSA) is 69.4 Å². The summed E-state index contributed by atoms with van der Waals surface area (Å²) >= 11 is 0. The number of amides is 2.